The van der Waals surface area contributed by atoms with Crippen LogP contribution in [0.3, 0.4) is 0 Å². The molecule has 0 radical (unpaired) electrons. The third-order valence-electron chi connectivity index (χ3n) is 7.78. The van der Waals surface area contributed by atoms with Gasteiger partial charge in [-0.15, -0.1) is 0 Å². The van der Waals surface area contributed by atoms with E-state index in [2.05, 4.69) is 62.0 Å². The predicted octanol–water partition coefficient (Wildman–Crippen LogP) is 5.51. The second kappa shape index (κ2) is 12.5. The van der Waals surface area contributed by atoms with E-state index < -0.39 is 0 Å². The zero-order chi connectivity index (χ0) is 28.0. The smallest absolute Gasteiger partial charge is 0.273 e. The van der Waals surface area contributed by atoms with Gasteiger partial charge >= 0.3 is 0 Å². The predicted molar refractivity (Wildman–Crippen MR) is 162 cm³/mol. The van der Waals surface area contributed by atoms with Crippen LogP contribution in [0, 0.1) is 0 Å². The summed E-state index contributed by atoms with van der Waals surface area (Å²) in [6, 6.07) is 13.4. The highest BCUT2D eigenvalue weighted by Crippen LogP contribution is 2.29. The number of nitrogens with one attached hydrogen (secondary N) is 3. The molecule has 1 amide bonds. The average molecular weight is 549 g/mol. The number of allylic oxidation sites excluding steroid dienone is 3. The maximum Gasteiger partial charge on any atom is 0.273 e. The van der Waals surface area contributed by atoms with E-state index in [0.717, 1.165) is 47.5 Å². The van der Waals surface area contributed by atoms with Gasteiger partial charge in [0.05, 0.1) is 23.3 Å². The number of hydrogen-bond acceptors (Lipinski definition) is 6. The first-order chi connectivity index (χ1) is 20.1. The Morgan fingerprint density at radius 2 is 1.83 bits per heavy atom. The summed E-state index contributed by atoms with van der Waals surface area (Å²) in [5.41, 5.74) is 9.73. The number of carbonyl (C=O) groups excluding carboxylic acids is 1. The molecule has 210 valence electrons. The minimum absolute atomic E-state index is 0.267. The largest absolute Gasteiger partial charge is 0.448 e. The molecule has 0 spiro atoms. The van der Waals surface area contributed by atoms with Gasteiger partial charge in [0.25, 0.3) is 5.91 Å². The van der Waals surface area contributed by atoms with Gasteiger partial charge in [0.2, 0.25) is 0 Å². The SMILES string of the molecule is CC1=C(CNC(=O)c2coc(CCNCCc3nc4ccc(-c5ccc6c(c5)CCCC6)cc4[nH]3)n2)N=CCC=C1. The number of aryl methyl sites for hydroxylation is 2. The lowest BCUT2D eigenvalue weighted by atomic mass is 9.89. The van der Waals surface area contributed by atoms with Crippen molar-refractivity contribution in [2.75, 3.05) is 19.6 Å². The lowest BCUT2D eigenvalue weighted by Crippen LogP contribution is -2.26. The van der Waals surface area contributed by atoms with Crippen LogP contribution in [-0.4, -0.2) is 46.7 Å². The van der Waals surface area contributed by atoms with E-state index in [-0.39, 0.29) is 11.6 Å². The number of nitrogens with zero attached hydrogens (tertiary/aromatic N) is 3. The number of rotatable bonds is 10. The number of amides is 1. The van der Waals surface area contributed by atoms with E-state index in [1.807, 2.05) is 25.3 Å². The highest BCUT2D eigenvalue weighted by Gasteiger charge is 2.14. The summed E-state index contributed by atoms with van der Waals surface area (Å²) in [6.45, 7) is 3.81. The topological polar surface area (TPSA) is 108 Å². The van der Waals surface area contributed by atoms with Crippen molar-refractivity contribution < 1.29 is 9.21 Å². The lowest BCUT2D eigenvalue weighted by molar-refractivity contribution is 0.0952. The molecular weight excluding hydrogens is 512 g/mol. The fraction of sp³-hybridized carbons (Fsp3) is 0.333. The molecule has 0 bridgehead atoms. The van der Waals surface area contributed by atoms with Crippen molar-refractivity contribution in [2.45, 2.75) is 51.9 Å². The Kier molecular flexibility index (Phi) is 8.18. The van der Waals surface area contributed by atoms with Crippen LogP contribution in [0.25, 0.3) is 22.2 Å². The monoisotopic (exact) mass is 548 g/mol. The van der Waals surface area contributed by atoms with Crippen molar-refractivity contribution >= 4 is 23.2 Å². The van der Waals surface area contributed by atoms with Crippen LogP contribution in [0.4, 0.5) is 0 Å². The molecule has 2 aliphatic rings. The van der Waals surface area contributed by atoms with Gasteiger partial charge in [-0.1, -0.05) is 36.4 Å². The molecule has 3 heterocycles. The van der Waals surface area contributed by atoms with Gasteiger partial charge in [0.15, 0.2) is 11.6 Å². The molecule has 6 rings (SSSR count). The number of H-pyrrole nitrogens is 1. The van der Waals surface area contributed by atoms with E-state index in [1.54, 1.807) is 0 Å². The first-order valence-corrected chi connectivity index (χ1v) is 14.6. The zero-order valence-corrected chi connectivity index (χ0v) is 23.5. The van der Waals surface area contributed by atoms with Gasteiger partial charge in [-0.05, 0) is 72.6 Å². The number of benzene rings is 2. The van der Waals surface area contributed by atoms with E-state index in [0.29, 0.717) is 25.4 Å². The number of aromatic nitrogens is 3. The summed E-state index contributed by atoms with van der Waals surface area (Å²) < 4.78 is 5.52. The molecule has 4 aromatic rings. The Morgan fingerprint density at radius 3 is 2.76 bits per heavy atom. The summed E-state index contributed by atoms with van der Waals surface area (Å²) in [5.74, 6) is 1.23. The number of imidazole rings is 1. The number of carbonyl (C=O) groups is 1. The van der Waals surface area contributed by atoms with Gasteiger partial charge in [-0.25, -0.2) is 9.97 Å². The van der Waals surface area contributed by atoms with Crippen molar-refractivity contribution in [2.24, 2.45) is 4.99 Å². The number of oxazole rings is 1. The van der Waals surface area contributed by atoms with Crippen LogP contribution in [0.15, 0.2) is 75.5 Å². The Labute approximate surface area is 240 Å². The zero-order valence-electron chi connectivity index (χ0n) is 23.5. The van der Waals surface area contributed by atoms with Crippen molar-refractivity contribution in [3.05, 3.63) is 94.6 Å². The maximum atomic E-state index is 12.5. The van der Waals surface area contributed by atoms with Gasteiger partial charge in [0, 0.05) is 38.6 Å². The number of fused-ring (bicyclic) bond motifs is 2. The molecule has 0 unspecified atom stereocenters. The van der Waals surface area contributed by atoms with Gasteiger partial charge in [0.1, 0.15) is 12.1 Å². The maximum absolute atomic E-state index is 12.5. The molecule has 2 aromatic carbocycles. The molecule has 0 atom stereocenters. The van der Waals surface area contributed by atoms with Crippen LogP contribution in [-0.2, 0) is 25.7 Å². The van der Waals surface area contributed by atoms with E-state index in [9.17, 15) is 4.79 Å². The minimum atomic E-state index is -0.267. The van der Waals surface area contributed by atoms with Crippen LogP contribution in [0.2, 0.25) is 0 Å². The number of aromatic amines is 1. The van der Waals surface area contributed by atoms with E-state index in [4.69, 9.17) is 9.40 Å². The second-order valence-corrected chi connectivity index (χ2v) is 10.7. The average Bonchev–Trinajstić information content (AvgIpc) is 3.58. The molecule has 3 N–H and O–H groups in total. The third kappa shape index (κ3) is 6.55. The molecule has 8 heteroatoms. The van der Waals surface area contributed by atoms with Crippen molar-refractivity contribution in [3.63, 3.8) is 0 Å². The Balaban J connectivity index is 0.965. The van der Waals surface area contributed by atoms with Crippen LogP contribution in [0.5, 0.6) is 0 Å². The Morgan fingerprint density at radius 1 is 1.00 bits per heavy atom. The van der Waals surface area contributed by atoms with Gasteiger partial charge < -0.3 is 20.0 Å². The number of hydrogen-bond donors (Lipinski definition) is 3. The summed E-state index contributed by atoms with van der Waals surface area (Å²) in [7, 11) is 0. The Hall–Kier alpha value is -4.30. The highest BCUT2D eigenvalue weighted by molar-refractivity contribution is 5.92. The summed E-state index contributed by atoms with van der Waals surface area (Å²) in [5, 5.41) is 6.30. The molecule has 0 fully saturated rings. The fourth-order valence-electron chi connectivity index (χ4n) is 5.44. The van der Waals surface area contributed by atoms with E-state index >= 15 is 0 Å². The summed E-state index contributed by atoms with van der Waals surface area (Å²) in [6.07, 6.45) is 14.5. The van der Waals surface area contributed by atoms with Gasteiger partial charge in [-0.2, -0.15) is 0 Å². The van der Waals surface area contributed by atoms with E-state index in [1.165, 1.54) is 54.2 Å². The standard InChI is InChI=1S/C33H36N6O2/c1-22-6-4-5-15-35-29(22)20-36-33(40)30-21-41-32(39-30)14-17-34-16-13-31-37-27-12-11-26(19-28(27)38-31)25-10-9-23-7-2-3-8-24(23)18-25/h4,6,9-12,15,18-19,21,34H,2-3,5,7-8,13-14,16-17,20H2,1H3,(H,36,40)(H,37,38). The summed E-state index contributed by atoms with van der Waals surface area (Å²) in [4.78, 5) is 29.5. The fourth-order valence-corrected chi connectivity index (χ4v) is 5.44. The quantitative estimate of drug-likeness (QED) is 0.227. The molecule has 0 saturated heterocycles. The Bertz CT molecular complexity index is 1640. The van der Waals surface area contributed by atoms with Crippen LogP contribution in [0.1, 0.15) is 59.5 Å². The summed E-state index contributed by atoms with van der Waals surface area (Å²) >= 11 is 0. The molecular formula is C33H36N6O2. The first kappa shape index (κ1) is 26.9. The second-order valence-electron chi connectivity index (χ2n) is 10.7. The molecule has 2 aromatic heterocycles. The minimum Gasteiger partial charge on any atom is -0.448 e. The van der Waals surface area contributed by atoms with Crippen molar-refractivity contribution in [1.82, 2.24) is 25.6 Å². The highest BCUT2D eigenvalue weighted by atomic mass is 16.3. The van der Waals surface area contributed by atoms with Gasteiger partial charge in [-0.3, -0.25) is 9.79 Å². The van der Waals surface area contributed by atoms with Crippen LogP contribution >= 0.6 is 0 Å². The first-order valence-electron chi connectivity index (χ1n) is 14.6. The molecule has 0 saturated carbocycles. The molecule has 1 aliphatic heterocycles. The number of aliphatic imine (C=N–C) groups is 1. The van der Waals surface area contributed by atoms with Crippen molar-refractivity contribution in [3.8, 4) is 11.1 Å². The van der Waals surface area contributed by atoms with Crippen LogP contribution < -0.4 is 10.6 Å². The molecule has 8 nitrogen and oxygen atoms in total. The molecule has 1 aliphatic carbocycles. The normalized spacial score (nSPS) is 14.9. The third-order valence-corrected chi connectivity index (χ3v) is 7.78. The lowest BCUT2D eigenvalue weighted by Gasteiger charge is -2.16. The molecule has 41 heavy (non-hydrogen) atoms. The van der Waals surface area contributed by atoms with Crippen molar-refractivity contribution in [1.29, 1.82) is 0 Å².